The third-order valence-electron chi connectivity index (χ3n) is 5.95. The molecule has 0 bridgehead atoms. The van der Waals surface area contributed by atoms with E-state index in [0.717, 1.165) is 12.2 Å². The van der Waals surface area contributed by atoms with Crippen molar-refractivity contribution < 1.29 is 13.9 Å². The van der Waals surface area contributed by atoms with Gasteiger partial charge >= 0.3 is 0 Å². The zero-order valence-electron chi connectivity index (χ0n) is 17.4. The molecule has 2 aromatic carbocycles. The molecule has 0 fully saturated rings. The first-order valence-electron chi connectivity index (χ1n) is 9.72. The van der Waals surface area contributed by atoms with Gasteiger partial charge in [0.05, 0.1) is 19.8 Å². The van der Waals surface area contributed by atoms with Gasteiger partial charge < -0.3 is 13.9 Å². The third-order valence-corrected chi connectivity index (χ3v) is 10.4. The Morgan fingerprint density at radius 1 is 1.07 bits per heavy atom. The summed E-state index contributed by atoms with van der Waals surface area (Å²) in [6, 6.07) is 16.7. The monoisotopic (exact) mass is 384 g/mol. The Hall–Kier alpha value is -1.62. The summed E-state index contributed by atoms with van der Waals surface area (Å²) in [4.78, 5) is 0. The van der Waals surface area contributed by atoms with Crippen molar-refractivity contribution in [3.63, 3.8) is 0 Å². The number of ether oxygens (including phenoxy) is 2. The van der Waals surface area contributed by atoms with Gasteiger partial charge in [-0.25, -0.2) is 0 Å². The fourth-order valence-corrected chi connectivity index (χ4v) is 4.24. The SMILES string of the molecule is COc1ccc2c(c1)CC(CO[Si](C)(C)C(C)(C)C)OC2c1ccccc1. The lowest BCUT2D eigenvalue weighted by Gasteiger charge is -2.39. The van der Waals surface area contributed by atoms with Gasteiger partial charge in [-0.05, 0) is 47.0 Å². The van der Waals surface area contributed by atoms with E-state index in [1.165, 1.54) is 16.7 Å². The average molecular weight is 385 g/mol. The van der Waals surface area contributed by atoms with E-state index in [0.29, 0.717) is 6.61 Å². The minimum absolute atomic E-state index is 0.0453. The predicted octanol–water partition coefficient (Wildman–Crippen LogP) is 5.75. The molecule has 4 heteroatoms. The average Bonchev–Trinajstić information content (AvgIpc) is 2.65. The lowest BCUT2D eigenvalue weighted by Crippen LogP contribution is -2.44. The number of rotatable bonds is 5. The molecule has 0 amide bonds. The minimum atomic E-state index is -1.80. The molecule has 2 aromatic rings. The van der Waals surface area contributed by atoms with Crippen LogP contribution in [0.25, 0.3) is 0 Å². The molecule has 3 nitrogen and oxygen atoms in total. The molecule has 0 saturated carbocycles. The molecule has 2 unspecified atom stereocenters. The lowest BCUT2D eigenvalue weighted by atomic mass is 9.90. The van der Waals surface area contributed by atoms with Gasteiger partial charge in [-0.2, -0.15) is 0 Å². The maximum Gasteiger partial charge on any atom is 0.192 e. The molecule has 0 saturated heterocycles. The highest BCUT2D eigenvalue weighted by Gasteiger charge is 2.38. The quantitative estimate of drug-likeness (QED) is 0.615. The number of hydrogen-bond acceptors (Lipinski definition) is 3. The first-order chi connectivity index (χ1) is 12.7. The number of fused-ring (bicyclic) bond motifs is 1. The Balaban J connectivity index is 1.86. The fraction of sp³-hybridized carbons (Fsp3) is 0.478. The first-order valence-corrected chi connectivity index (χ1v) is 12.6. The molecule has 0 aromatic heterocycles. The minimum Gasteiger partial charge on any atom is -0.497 e. The third kappa shape index (κ3) is 4.45. The molecule has 146 valence electrons. The Kier molecular flexibility index (Phi) is 5.80. The second-order valence-electron chi connectivity index (χ2n) is 8.89. The van der Waals surface area contributed by atoms with Crippen molar-refractivity contribution in [1.82, 2.24) is 0 Å². The molecule has 27 heavy (non-hydrogen) atoms. The van der Waals surface area contributed by atoms with Crippen LogP contribution < -0.4 is 4.74 Å². The van der Waals surface area contributed by atoms with Crippen LogP contribution in [0.2, 0.25) is 18.1 Å². The summed E-state index contributed by atoms with van der Waals surface area (Å²) in [5.41, 5.74) is 3.70. The second-order valence-corrected chi connectivity index (χ2v) is 13.7. The van der Waals surface area contributed by atoms with Gasteiger partial charge in [-0.15, -0.1) is 0 Å². The molecule has 0 spiro atoms. The van der Waals surface area contributed by atoms with Gasteiger partial charge in [0.2, 0.25) is 0 Å². The second kappa shape index (κ2) is 7.78. The summed E-state index contributed by atoms with van der Waals surface area (Å²) >= 11 is 0. The van der Waals surface area contributed by atoms with E-state index in [4.69, 9.17) is 13.9 Å². The zero-order chi connectivity index (χ0) is 19.7. The molecule has 1 aliphatic heterocycles. The maximum atomic E-state index is 6.54. The number of hydrogen-bond donors (Lipinski definition) is 0. The van der Waals surface area contributed by atoms with Gasteiger partial charge in [0.25, 0.3) is 0 Å². The molecular formula is C23H32O3Si. The van der Waals surface area contributed by atoms with Gasteiger partial charge in [-0.1, -0.05) is 57.2 Å². The van der Waals surface area contributed by atoms with Crippen molar-refractivity contribution in [3.8, 4) is 5.75 Å². The van der Waals surface area contributed by atoms with E-state index in [2.05, 4.69) is 70.3 Å². The van der Waals surface area contributed by atoms with E-state index >= 15 is 0 Å². The molecule has 1 heterocycles. The van der Waals surface area contributed by atoms with Crippen LogP contribution in [0.3, 0.4) is 0 Å². The van der Waals surface area contributed by atoms with Gasteiger partial charge in [0.1, 0.15) is 11.9 Å². The largest absolute Gasteiger partial charge is 0.497 e. The Morgan fingerprint density at radius 3 is 2.41 bits per heavy atom. The van der Waals surface area contributed by atoms with Crippen molar-refractivity contribution >= 4 is 8.32 Å². The van der Waals surface area contributed by atoms with Crippen molar-refractivity contribution in [1.29, 1.82) is 0 Å². The maximum absolute atomic E-state index is 6.54. The van der Waals surface area contributed by atoms with Crippen LogP contribution in [0.4, 0.5) is 0 Å². The number of benzene rings is 2. The fourth-order valence-electron chi connectivity index (χ4n) is 3.20. The highest BCUT2D eigenvalue weighted by atomic mass is 28.4. The van der Waals surface area contributed by atoms with Crippen LogP contribution in [0.1, 0.15) is 43.6 Å². The van der Waals surface area contributed by atoms with E-state index in [1.54, 1.807) is 7.11 Å². The normalized spacial score (nSPS) is 20.2. The van der Waals surface area contributed by atoms with E-state index in [9.17, 15) is 0 Å². The molecular weight excluding hydrogens is 352 g/mol. The molecule has 1 aliphatic rings. The molecule has 0 aliphatic carbocycles. The first kappa shape index (κ1) is 20.1. The summed E-state index contributed by atoms with van der Waals surface area (Å²) in [5, 5.41) is 0.196. The molecule has 0 radical (unpaired) electrons. The Bertz CT molecular complexity index is 765. The topological polar surface area (TPSA) is 27.7 Å². The van der Waals surface area contributed by atoms with Crippen LogP contribution in [0.5, 0.6) is 5.75 Å². The van der Waals surface area contributed by atoms with Crippen molar-refractivity contribution in [2.75, 3.05) is 13.7 Å². The zero-order valence-corrected chi connectivity index (χ0v) is 18.4. The van der Waals surface area contributed by atoms with Crippen molar-refractivity contribution in [2.24, 2.45) is 0 Å². The highest BCUT2D eigenvalue weighted by molar-refractivity contribution is 6.74. The summed E-state index contributed by atoms with van der Waals surface area (Å²) < 4.78 is 18.5. The molecule has 3 rings (SSSR count). The summed E-state index contributed by atoms with van der Waals surface area (Å²) in [6.45, 7) is 12.0. The summed E-state index contributed by atoms with van der Waals surface area (Å²) in [7, 11) is -0.0882. The summed E-state index contributed by atoms with van der Waals surface area (Å²) in [5.74, 6) is 0.895. The van der Waals surface area contributed by atoms with Crippen LogP contribution >= 0.6 is 0 Å². The smallest absolute Gasteiger partial charge is 0.192 e. The van der Waals surface area contributed by atoms with E-state index in [-0.39, 0.29) is 17.2 Å². The van der Waals surface area contributed by atoms with Crippen LogP contribution in [0, 0.1) is 0 Å². The Morgan fingerprint density at radius 2 is 1.78 bits per heavy atom. The number of methoxy groups -OCH3 is 1. The Labute approximate surface area is 164 Å². The standard InChI is InChI=1S/C23H32O3Si/c1-23(2,3)27(5,6)25-16-20-15-18-14-19(24-4)12-13-21(18)22(26-20)17-10-8-7-9-11-17/h7-14,20,22H,15-16H2,1-6H3. The predicted molar refractivity (Wildman–Crippen MR) is 113 cm³/mol. The molecule has 0 N–H and O–H groups in total. The van der Waals surface area contributed by atoms with Crippen molar-refractivity contribution in [3.05, 3.63) is 65.2 Å². The summed E-state index contributed by atoms with van der Waals surface area (Å²) in [6.07, 6.45) is 0.836. The van der Waals surface area contributed by atoms with Gasteiger partial charge in [-0.3, -0.25) is 0 Å². The van der Waals surface area contributed by atoms with Crippen LogP contribution in [-0.2, 0) is 15.6 Å². The van der Waals surface area contributed by atoms with Gasteiger partial charge in [0, 0.05) is 6.42 Å². The van der Waals surface area contributed by atoms with E-state index in [1.807, 2.05) is 12.1 Å². The van der Waals surface area contributed by atoms with Crippen LogP contribution in [0.15, 0.2) is 48.5 Å². The highest BCUT2D eigenvalue weighted by Crippen LogP contribution is 2.39. The molecule has 2 atom stereocenters. The van der Waals surface area contributed by atoms with Gasteiger partial charge in [0.15, 0.2) is 8.32 Å². The van der Waals surface area contributed by atoms with Crippen LogP contribution in [-0.4, -0.2) is 28.1 Å². The van der Waals surface area contributed by atoms with Crippen molar-refractivity contribution in [2.45, 2.75) is 57.5 Å². The van der Waals surface area contributed by atoms with E-state index < -0.39 is 8.32 Å². The lowest BCUT2D eigenvalue weighted by molar-refractivity contribution is -0.0302.